The van der Waals surface area contributed by atoms with Crippen LogP contribution in [-0.4, -0.2) is 42.7 Å². The number of amides is 1. The molecule has 1 aliphatic rings. The molecule has 1 heterocycles. The number of carbonyl (C=O) groups is 1. The van der Waals surface area contributed by atoms with Crippen LogP contribution in [-0.2, 0) is 6.42 Å². The first-order valence-corrected chi connectivity index (χ1v) is 10.3. The minimum atomic E-state index is -0.228. The number of benzene rings is 3. The molecule has 3 aromatic rings. The van der Waals surface area contributed by atoms with Gasteiger partial charge in [0.15, 0.2) is 0 Å². The van der Waals surface area contributed by atoms with E-state index in [-0.39, 0.29) is 18.7 Å². The minimum absolute atomic E-state index is 0.0479. The molecule has 0 unspecified atom stereocenters. The predicted octanol–water partition coefficient (Wildman–Crippen LogP) is 3.92. The number of hydrogen-bond acceptors (Lipinski definition) is 4. The van der Waals surface area contributed by atoms with Crippen LogP contribution >= 0.6 is 0 Å². The number of para-hydroxylation sites is 1. The maximum atomic E-state index is 13.3. The molecule has 1 amide bonds. The number of carbonyl (C=O) groups excluding carboxylic acids is 1. The Morgan fingerprint density at radius 3 is 2.40 bits per heavy atom. The zero-order valence-electron chi connectivity index (χ0n) is 17.2. The van der Waals surface area contributed by atoms with Crippen molar-refractivity contribution in [3.8, 4) is 0 Å². The molecule has 0 saturated carbocycles. The van der Waals surface area contributed by atoms with Gasteiger partial charge in [-0.2, -0.15) is 0 Å². The quantitative estimate of drug-likeness (QED) is 0.630. The van der Waals surface area contributed by atoms with Crippen molar-refractivity contribution in [2.24, 2.45) is 0 Å². The van der Waals surface area contributed by atoms with Crippen LogP contribution in [0.25, 0.3) is 0 Å². The van der Waals surface area contributed by atoms with Gasteiger partial charge in [-0.3, -0.25) is 4.79 Å². The van der Waals surface area contributed by atoms with Gasteiger partial charge in [-0.05, 0) is 41.8 Å². The molecule has 0 bridgehead atoms. The fourth-order valence-corrected chi connectivity index (χ4v) is 3.87. The van der Waals surface area contributed by atoms with Gasteiger partial charge in [-0.1, -0.05) is 54.6 Å². The van der Waals surface area contributed by atoms with Gasteiger partial charge >= 0.3 is 0 Å². The molecular formula is C25H27N3O2. The van der Waals surface area contributed by atoms with Crippen molar-refractivity contribution < 1.29 is 9.90 Å². The van der Waals surface area contributed by atoms with Crippen LogP contribution in [0.2, 0.25) is 0 Å². The number of hydrogen-bond donors (Lipinski definition) is 2. The van der Waals surface area contributed by atoms with Crippen molar-refractivity contribution >= 4 is 17.3 Å². The largest absolute Gasteiger partial charge is 0.395 e. The molecule has 1 aliphatic heterocycles. The van der Waals surface area contributed by atoms with E-state index in [1.807, 2.05) is 71.4 Å². The summed E-state index contributed by atoms with van der Waals surface area (Å²) >= 11 is 0. The van der Waals surface area contributed by atoms with E-state index in [1.54, 1.807) is 0 Å². The lowest BCUT2D eigenvalue weighted by atomic mass is 10.0. The average Bonchev–Trinajstić information content (AvgIpc) is 2.79. The lowest BCUT2D eigenvalue weighted by molar-refractivity contribution is 0.0685. The molecule has 4 rings (SSSR count). The van der Waals surface area contributed by atoms with Gasteiger partial charge in [0.25, 0.3) is 5.91 Å². The van der Waals surface area contributed by atoms with Crippen LogP contribution in [0.4, 0.5) is 11.4 Å². The smallest absolute Gasteiger partial charge is 0.257 e. The lowest BCUT2D eigenvalue weighted by Crippen LogP contribution is -2.44. The standard InChI is InChI=1S/C25H27N3O2/c1-27(17-18-29)21-13-11-20(12-14-21)24-26-23-10-6-5-9-22(23)25(30)28(24)16-15-19-7-3-2-4-8-19/h2-14,24,26,29H,15-18H2,1H3/t24-/m1/s1. The van der Waals surface area contributed by atoms with E-state index in [4.69, 9.17) is 0 Å². The second-order valence-corrected chi connectivity index (χ2v) is 7.56. The van der Waals surface area contributed by atoms with Crippen LogP contribution in [0.15, 0.2) is 78.9 Å². The molecule has 0 spiro atoms. The van der Waals surface area contributed by atoms with Crippen LogP contribution in [0, 0.1) is 0 Å². The van der Waals surface area contributed by atoms with E-state index < -0.39 is 0 Å². The zero-order chi connectivity index (χ0) is 20.9. The number of aliphatic hydroxyl groups is 1. The molecule has 154 valence electrons. The third-order valence-electron chi connectivity index (χ3n) is 5.59. The maximum Gasteiger partial charge on any atom is 0.257 e. The molecule has 0 radical (unpaired) electrons. The molecule has 2 N–H and O–H groups in total. The number of fused-ring (bicyclic) bond motifs is 1. The summed E-state index contributed by atoms with van der Waals surface area (Å²) in [5, 5.41) is 12.7. The van der Waals surface area contributed by atoms with Crippen molar-refractivity contribution in [1.29, 1.82) is 0 Å². The molecule has 1 atom stereocenters. The summed E-state index contributed by atoms with van der Waals surface area (Å²) < 4.78 is 0. The zero-order valence-corrected chi connectivity index (χ0v) is 17.2. The van der Waals surface area contributed by atoms with Gasteiger partial charge in [-0.25, -0.2) is 0 Å². The highest BCUT2D eigenvalue weighted by Gasteiger charge is 2.32. The van der Waals surface area contributed by atoms with E-state index >= 15 is 0 Å². The summed E-state index contributed by atoms with van der Waals surface area (Å²) in [7, 11) is 1.95. The van der Waals surface area contributed by atoms with E-state index in [9.17, 15) is 9.90 Å². The van der Waals surface area contributed by atoms with Crippen molar-refractivity contribution in [1.82, 2.24) is 4.90 Å². The van der Waals surface area contributed by atoms with Gasteiger partial charge in [0.2, 0.25) is 0 Å². The van der Waals surface area contributed by atoms with Crippen LogP contribution in [0.3, 0.4) is 0 Å². The Kier molecular flexibility index (Phi) is 6.00. The molecular weight excluding hydrogens is 374 g/mol. The van der Waals surface area contributed by atoms with E-state index in [0.29, 0.717) is 18.7 Å². The SMILES string of the molecule is CN(CCO)c1ccc([C@@H]2Nc3ccccc3C(=O)N2CCc2ccccc2)cc1. The summed E-state index contributed by atoms with van der Waals surface area (Å²) in [6.07, 6.45) is 0.567. The highest BCUT2D eigenvalue weighted by atomic mass is 16.3. The minimum Gasteiger partial charge on any atom is -0.395 e. The Morgan fingerprint density at radius 2 is 1.67 bits per heavy atom. The highest BCUT2D eigenvalue weighted by Crippen LogP contribution is 2.33. The fourth-order valence-electron chi connectivity index (χ4n) is 3.87. The average molecular weight is 402 g/mol. The summed E-state index contributed by atoms with van der Waals surface area (Å²) in [6.45, 7) is 1.32. The topological polar surface area (TPSA) is 55.8 Å². The van der Waals surface area contributed by atoms with Crippen molar-refractivity contribution in [3.63, 3.8) is 0 Å². The number of rotatable bonds is 7. The molecule has 0 aromatic heterocycles. The van der Waals surface area contributed by atoms with Gasteiger partial charge in [0.1, 0.15) is 6.17 Å². The number of aliphatic hydroxyl groups excluding tert-OH is 1. The van der Waals surface area contributed by atoms with Gasteiger partial charge < -0.3 is 20.2 Å². The Morgan fingerprint density at radius 1 is 0.967 bits per heavy atom. The first kappa shape index (κ1) is 20.0. The number of anilines is 2. The molecule has 30 heavy (non-hydrogen) atoms. The highest BCUT2D eigenvalue weighted by molar-refractivity contribution is 6.01. The normalized spacial score (nSPS) is 15.5. The first-order valence-electron chi connectivity index (χ1n) is 10.3. The van der Waals surface area contributed by atoms with Gasteiger partial charge in [-0.15, -0.1) is 0 Å². The Bertz CT molecular complexity index is 989. The fraction of sp³-hybridized carbons (Fsp3) is 0.240. The second kappa shape index (κ2) is 9.01. The molecule has 0 fully saturated rings. The lowest BCUT2D eigenvalue weighted by Gasteiger charge is -2.38. The first-order chi connectivity index (χ1) is 14.7. The van der Waals surface area contributed by atoms with Crippen LogP contribution in [0.1, 0.15) is 27.7 Å². The van der Waals surface area contributed by atoms with Gasteiger partial charge in [0, 0.05) is 31.5 Å². The number of nitrogens with one attached hydrogen (secondary N) is 1. The number of nitrogens with zero attached hydrogens (tertiary/aromatic N) is 2. The molecule has 3 aromatic carbocycles. The second-order valence-electron chi connectivity index (χ2n) is 7.56. The Balaban J connectivity index is 1.62. The summed E-state index contributed by atoms with van der Waals surface area (Å²) in [5.74, 6) is 0.0479. The summed E-state index contributed by atoms with van der Waals surface area (Å²) in [4.78, 5) is 17.3. The Hall–Kier alpha value is -3.31. The monoisotopic (exact) mass is 401 g/mol. The molecule has 5 heteroatoms. The van der Waals surface area contributed by atoms with Crippen molar-refractivity contribution in [3.05, 3.63) is 95.6 Å². The van der Waals surface area contributed by atoms with Crippen LogP contribution < -0.4 is 10.2 Å². The van der Waals surface area contributed by atoms with Crippen molar-refractivity contribution in [2.45, 2.75) is 12.6 Å². The molecule has 0 saturated heterocycles. The molecule has 0 aliphatic carbocycles. The third kappa shape index (κ3) is 4.16. The number of likely N-dealkylation sites (N-methyl/N-ethyl adjacent to an activating group) is 1. The van der Waals surface area contributed by atoms with E-state index in [0.717, 1.165) is 23.4 Å². The van der Waals surface area contributed by atoms with E-state index in [2.05, 4.69) is 29.6 Å². The van der Waals surface area contributed by atoms with Crippen LogP contribution in [0.5, 0.6) is 0 Å². The predicted molar refractivity (Wildman–Crippen MR) is 121 cm³/mol. The molecule has 5 nitrogen and oxygen atoms in total. The van der Waals surface area contributed by atoms with Gasteiger partial charge in [0.05, 0.1) is 12.2 Å². The maximum absolute atomic E-state index is 13.3. The summed E-state index contributed by atoms with van der Waals surface area (Å²) in [6, 6.07) is 26.1. The Labute approximate surface area is 177 Å². The summed E-state index contributed by atoms with van der Waals surface area (Å²) in [5.41, 5.74) is 4.85. The third-order valence-corrected chi connectivity index (χ3v) is 5.59. The van der Waals surface area contributed by atoms with Crippen molar-refractivity contribution in [2.75, 3.05) is 37.0 Å². The van der Waals surface area contributed by atoms with E-state index in [1.165, 1.54) is 5.56 Å².